The van der Waals surface area contributed by atoms with Crippen molar-refractivity contribution in [1.82, 2.24) is 0 Å². The molecule has 0 spiro atoms. The Morgan fingerprint density at radius 3 is 2.36 bits per heavy atom. The molecule has 1 aliphatic rings. The molecule has 0 aliphatic carbocycles. The first-order valence-electron chi connectivity index (χ1n) is 9.03. The molecule has 2 aromatic carbocycles. The van der Waals surface area contributed by atoms with E-state index in [1.165, 1.54) is 25.7 Å². The number of hydrogen-bond donors (Lipinski definition) is 1. The Balaban J connectivity index is 1.68. The van der Waals surface area contributed by atoms with E-state index in [1.54, 1.807) is 7.11 Å². The zero-order chi connectivity index (χ0) is 17.5. The summed E-state index contributed by atoms with van der Waals surface area (Å²) in [6.45, 7) is 2.12. The van der Waals surface area contributed by atoms with Crippen molar-refractivity contribution in [1.29, 1.82) is 0 Å². The first-order valence-corrected chi connectivity index (χ1v) is 9.03. The Kier molecular flexibility index (Phi) is 5.94. The van der Waals surface area contributed by atoms with Gasteiger partial charge >= 0.3 is 0 Å². The molecule has 1 amide bonds. The molecular formula is C21H26N2O2. The SMILES string of the molecule is COc1ccc(CC(=O)Nc2ccccc2N2CCCCCC2)cc1. The van der Waals surface area contributed by atoms with E-state index in [0.717, 1.165) is 35.8 Å². The maximum absolute atomic E-state index is 12.5. The van der Waals surface area contributed by atoms with E-state index in [4.69, 9.17) is 4.74 Å². The quantitative estimate of drug-likeness (QED) is 0.886. The van der Waals surface area contributed by atoms with Gasteiger partial charge in [0.05, 0.1) is 24.9 Å². The van der Waals surface area contributed by atoms with Crippen LogP contribution in [0.4, 0.5) is 11.4 Å². The molecule has 1 aliphatic heterocycles. The first kappa shape index (κ1) is 17.3. The smallest absolute Gasteiger partial charge is 0.228 e. The summed E-state index contributed by atoms with van der Waals surface area (Å²) in [5.41, 5.74) is 3.01. The highest BCUT2D eigenvalue weighted by Crippen LogP contribution is 2.28. The Labute approximate surface area is 149 Å². The summed E-state index contributed by atoms with van der Waals surface area (Å²) >= 11 is 0. The molecule has 0 saturated carbocycles. The second kappa shape index (κ2) is 8.56. The Hall–Kier alpha value is -2.49. The van der Waals surface area contributed by atoms with E-state index in [2.05, 4.69) is 16.3 Å². The lowest BCUT2D eigenvalue weighted by Crippen LogP contribution is -2.26. The molecule has 1 fully saturated rings. The normalized spacial score (nSPS) is 14.7. The standard InChI is InChI=1S/C21H26N2O2/c1-25-18-12-10-17(11-13-18)16-21(24)22-19-8-4-5-9-20(19)23-14-6-2-3-7-15-23/h4-5,8-13H,2-3,6-7,14-16H2,1H3,(H,22,24). The molecule has 0 bridgehead atoms. The van der Waals surface area contributed by atoms with Crippen molar-refractivity contribution in [2.45, 2.75) is 32.1 Å². The minimum absolute atomic E-state index is 0.00689. The lowest BCUT2D eigenvalue weighted by atomic mass is 10.1. The summed E-state index contributed by atoms with van der Waals surface area (Å²) in [6.07, 6.45) is 5.38. The number of benzene rings is 2. The molecule has 1 saturated heterocycles. The summed E-state index contributed by atoms with van der Waals surface area (Å²) < 4.78 is 5.16. The molecule has 1 heterocycles. The van der Waals surface area contributed by atoms with Crippen LogP contribution in [-0.2, 0) is 11.2 Å². The van der Waals surface area contributed by atoms with Gasteiger partial charge in [-0.3, -0.25) is 4.79 Å². The number of carbonyl (C=O) groups excluding carboxylic acids is 1. The van der Waals surface area contributed by atoms with E-state index in [-0.39, 0.29) is 5.91 Å². The van der Waals surface area contributed by atoms with Gasteiger partial charge in [0.25, 0.3) is 0 Å². The van der Waals surface area contributed by atoms with Gasteiger partial charge in [0, 0.05) is 13.1 Å². The third kappa shape index (κ3) is 4.75. The van der Waals surface area contributed by atoms with Crippen molar-refractivity contribution in [2.75, 3.05) is 30.4 Å². The predicted octanol–water partition coefficient (Wildman–Crippen LogP) is 4.26. The molecule has 0 aromatic heterocycles. The van der Waals surface area contributed by atoms with E-state index < -0.39 is 0 Å². The number of ether oxygens (including phenoxy) is 1. The monoisotopic (exact) mass is 338 g/mol. The van der Waals surface area contributed by atoms with E-state index in [1.807, 2.05) is 42.5 Å². The fraction of sp³-hybridized carbons (Fsp3) is 0.381. The molecule has 132 valence electrons. The molecule has 4 heteroatoms. The van der Waals surface area contributed by atoms with Crippen LogP contribution in [0.15, 0.2) is 48.5 Å². The van der Waals surface area contributed by atoms with Gasteiger partial charge in [0.15, 0.2) is 0 Å². The fourth-order valence-corrected chi connectivity index (χ4v) is 3.29. The molecule has 1 N–H and O–H groups in total. The lowest BCUT2D eigenvalue weighted by Gasteiger charge is -2.25. The number of methoxy groups -OCH3 is 1. The zero-order valence-electron chi connectivity index (χ0n) is 14.8. The molecule has 0 atom stereocenters. The second-order valence-electron chi connectivity index (χ2n) is 6.49. The molecule has 0 radical (unpaired) electrons. The topological polar surface area (TPSA) is 41.6 Å². The van der Waals surface area contributed by atoms with Crippen LogP contribution in [0.2, 0.25) is 0 Å². The van der Waals surface area contributed by atoms with Crippen molar-refractivity contribution in [2.24, 2.45) is 0 Å². The van der Waals surface area contributed by atoms with Gasteiger partial charge in [-0.1, -0.05) is 37.1 Å². The van der Waals surface area contributed by atoms with Crippen molar-refractivity contribution in [3.8, 4) is 5.75 Å². The van der Waals surface area contributed by atoms with Gasteiger partial charge in [0.1, 0.15) is 5.75 Å². The average Bonchev–Trinajstić information content (AvgIpc) is 2.92. The highest BCUT2D eigenvalue weighted by Gasteiger charge is 2.14. The third-order valence-corrected chi connectivity index (χ3v) is 4.65. The summed E-state index contributed by atoms with van der Waals surface area (Å²) in [5, 5.41) is 3.09. The van der Waals surface area contributed by atoms with Crippen LogP contribution in [-0.4, -0.2) is 26.1 Å². The highest BCUT2D eigenvalue weighted by molar-refractivity contribution is 5.95. The van der Waals surface area contributed by atoms with Crippen LogP contribution < -0.4 is 15.0 Å². The molecular weight excluding hydrogens is 312 g/mol. The minimum atomic E-state index is 0.00689. The number of amides is 1. The van der Waals surface area contributed by atoms with Gasteiger partial charge in [-0.15, -0.1) is 0 Å². The predicted molar refractivity (Wildman–Crippen MR) is 102 cm³/mol. The number of nitrogens with zero attached hydrogens (tertiary/aromatic N) is 1. The second-order valence-corrected chi connectivity index (χ2v) is 6.49. The lowest BCUT2D eigenvalue weighted by molar-refractivity contribution is -0.115. The van der Waals surface area contributed by atoms with Crippen LogP contribution in [0.1, 0.15) is 31.2 Å². The van der Waals surface area contributed by atoms with Crippen LogP contribution >= 0.6 is 0 Å². The van der Waals surface area contributed by atoms with Crippen LogP contribution in [0.5, 0.6) is 5.75 Å². The van der Waals surface area contributed by atoms with Crippen molar-refractivity contribution in [3.63, 3.8) is 0 Å². The maximum Gasteiger partial charge on any atom is 0.228 e. The summed E-state index contributed by atoms with van der Waals surface area (Å²) in [6, 6.07) is 15.7. The molecule has 4 nitrogen and oxygen atoms in total. The van der Waals surface area contributed by atoms with E-state index in [9.17, 15) is 4.79 Å². The number of rotatable bonds is 5. The van der Waals surface area contributed by atoms with Crippen LogP contribution in [0, 0.1) is 0 Å². The van der Waals surface area contributed by atoms with Crippen molar-refractivity contribution >= 4 is 17.3 Å². The van der Waals surface area contributed by atoms with E-state index in [0.29, 0.717) is 6.42 Å². The first-order chi connectivity index (χ1) is 12.3. The largest absolute Gasteiger partial charge is 0.497 e. The summed E-state index contributed by atoms with van der Waals surface area (Å²) in [4.78, 5) is 14.9. The maximum atomic E-state index is 12.5. The zero-order valence-corrected chi connectivity index (χ0v) is 14.8. The highest BCUT2D eigenvalue weighted by atomic mass is 16.5. The van der Waals surface area contributed by atoms with Crippen LogP contribution in [0.3, 0.4) is 0 Å². The molecule has 0 unspecified atom stereocenters. The number of para-hydroxylation sites is 2. The van der Waals surface area contributed by atoms with Gasteiger partial charge in [0.2, 0.25) is 5.91 Å². The number of hydrogen-bond acceptors (Lipinski definition) is 3. The van der Waals surface area contributed by atoms with Gasteiger partial charge in [-0.25, -0.2) is 0 Å². The van der Waals surface area contributed by atoms with Gasteiger partial charge in [-0.05, 0) is 42.7 Å². The fourth-order valence-electron chi connectivity index (χ4n) is 3.29. The number of carbonyl (C=O) groups is 1. The van der Waals surface area contributed by atoms with Gasteiger partial charge < -0.3 is 15.0 Å². The summed E-state index contributed by atoms with van der Waals surface area (Å²) in [5.74, 6) is 0.808. The molecule has 3 rings (SSSR count). The van der Waals surface area contributed by atoms with E-state index >= 15 is 0 Å². The number of anilines is 2. The third-order valence-electron chi connectivity index (χ3n) is 4.65. The Morgan fingerprint density at radius 1 is 1.00 bits per heavy atom. The molecule has 2 aromatic rings. The van der Waals surface area contributed by atoms with Crippen molar-refractivity contribution < 1.29 is 9.53 Å². The average molecular weight is 338 g/mol. The Morgan fingerprint density at radius 2 is 1.68 bits per heavy atom. The minimum Gasteiger partial charge on any atom is -0.497 e. The molecule has 25 heavy (non-hydrogen) atoms. The van der Waals surface area contributed by atoms with Gasteiger partial charge in [-0.2, -0.15) is 0 Å². The number of nitrogens with one attached hydrogen (secondary N) is 1. The summed E-state index contributed by atoms with van der Waals surface area (Å²) in [7, 11) is 1.64. The Bertz CT molecular complexity index is 689. The van der Waals surface area contributed by atoms with Crippen molar-refractivity contribution in [3.05, 3.63) is 54.1 Å². The van der Waals surface area contributed by atoms with Crippen LogP contribution in [0.25, 0.3) is 0 Å².